The first-order valence-electron chi connectivity index (χ1n) is 5.74. The van der Waals surface area contributed by atoms with E-state index in [0.717, 1.165) is 27.7 Å². The number of benzene rings is 1. The molecule has 1 aromatic rings. The molecule has 1 rings (SSSR count). The molecule has 0 aliphatic heterocycles. The minimum atomic E-state index is -0.245. The summed E-state index contributed by atoms with van der Waals surface area (Å²) in [6.07, 6.45) is 1.56. The number of hydrogen-bond donors (Lipinski definition) is 0. The topological polar surface area (TPSA) is 35.5 Å². The molecule has 0 saturated heterocycles. The zero-order chi connectivity index (χ0) is 13.4. The molecule has 100 valence electrons. The average Bonchev–Trinajstić information content (AvgIpc) is 2.31. The van der Waals surface area contributed by atoms with Crippen LogP contribution in [0, 0.1) is 3.57 Å². The molecule has 18 heavy (non-hydrogen) atoms. The van der Waals surface area contributed by atoms with Gasteiger partial charge in [-0.15, -0.1) is 11.6 Å². The molecule has 0 N–H and O–H groups in total. The number of hydrogen-bond acceptors (Lipinski definition) is 3. The second-order valence-corrected chi connectivity index (χ2v) is 5.29. The van der Waals surface area contributed by atoms with Crippen LogP contribution >= 0.6 is 34.2 Å². The Kier molecular flexibility index (Phi) is 7.42. The van der Waals surface area contributed by atoms with E-state index in [1.807, 2.05) is 18.2 Å². The van der Waals surface area contributed by atoms with Crippen molar-refractivity contribution in [2.45, 2.75) is 19.8 Å². The summed E-state index contributed by atoms with van der Waals surface area (Å²) in [7, 11) is 0. The Morgan fingerprint density at radius 2 is 2.17 bits per heavy atom. The van der Waals surface area contributed by atoms with Crippen molar-refractivity contribution in [1.82, 2.24) is 0 Å². The van der Waals surface area contributed by atoms with Gasteiger partial charge in [0.2, 0.25) is 0 Å². The fourth-order valence-electron chi connectivity index (χ4n) is 1.37. The van der Waals surface area contributed by atoms with Crippen molar-refractivity contribution in [3.05, 3.63) is 27.3 Å². The van der Waals surface area contributed by atoms with E-state index in [-0.39, 0.29) is 5.97 Å². The van der Waals surface area contributed by atoms with Crippen molar-refractivity contribution in [2.75, 3.05) is 19.1 Å². The highest BCUT2D eigenvalue weighted by atomic mass is 127. The van der Waals surface area contributed by atoms with Crippen molar-refractivity contribution >= 4 is 40.2 Å². The van der Waals surface area contributed by atoms with Gasteiger partial charge in [-0.25, -0.2) is 0 Å². The van der Waals surface area contributed by atoms with Gasteiger partial charge in [-0.05, 0) is 46.7 Å². The second kappa shape index (κ2) is 8.58. The summed E-state index contributed by atoms with van der Waals surface area (Å²) in [5, 5.41) is 0. The molecule has 0 atom stereocenters. The summed E-state index contributed by atoms with van der Waals surface area (Å²) in [5.74, 6) is 1.24. The average molecular weight is 383 g/mol. The van der Waals surface area contributed by atoms with Gasteiger partial charge in [-0.1, -0.05) is 6.07 Å². The fourth-order valence-corrected chi connectivity index (χ4v) is 2.21. The third-order valence-electron chi connectivity index (χ3n) is 2.23. The largest absolute Gasteiger partial charge is 0.492 e. The first kappa shape index (κ1) is 15.6. The number of ether oxygens (including phenoxy) is 2. The van der Waals surface area contributed by atoms with Gasteiger partial charge in [-0.3, -0.25) is 4.79 Å². The van der Waals surface area contributed by atoms with Crippen molar-refractivity contribution < 1.29 is 14.3 Å². The lowest BCUT2D eigenvalue weighted by Gasteiger charge is -2.09. The highest BCUT2D eigenvalue weighted by Gasteiger charge is 2.03. The number of esters is 1. The maximum Gasteiger partial charge on any atom is 0.302 e. The standard InChI is InChI=1S/C13H16ClIO3/c1-10(16)17-8-5-11-3-4-13(12(15)9-11)18-7-2-6-14/h3-4,9H,2,5-8H2,1H3. The van der Waals surface area contributed by atoms with Gasteiger partial charge in [-0.2, -0.15) is 0 Å². The first-order chi connectivity index (χ1) is 8.63. The van der Waals surface area contributed by atoms with E-state index in [1.165, 1.54) is 6.92 Å². The summed E-state index contributed by atoms with van der Waals surface area (Å²) < 4.78 is 11.6. The van der Waals surface area contributed by atoms with Crippen LogP contribution in [0.15, 0.2) is 18.2 Å². The Labute approximate surface area is 126 Å². The molecule has 0 aliphatic carbocycles. The van der Waals surface area contributed by atoms with Crippen LogP contribution in [0.3, 0.4) is 0 Å². The molecule has 0 aliphatic rings. The van der Waals surface area contributed by atoms with Crippen molar-refractivity contribution in [1.29, 1.82) is 0 Å². The minimum absolute atomic E-state index is 0.245. The van der Waals surface area contributed by atoms with Crippen LogP contribution < -0.4 is 4.74 Å². The van der Waals surface area contributed by atoms with Crippen molar-refractivity contribution in [3.63, 3.8) is 0 Å². The highest BCUT2D eigenvalue weighted by molar-refractivity contribution is 14.1. The number of rotatable bonds is 7. The number of halogens is 2. The zero-order valence-electron chi connectivity index (χ0n) is 10.2. The molecular formula is C13H16ClIO3. The summed E-state index contributed by atoms with van der Waals surface area (Å²) in [4.78, 5) is 10.6. The van der Waals surface area contributed by atoms with E-state index in [2.05, 4.69) is 22.6 Å². The molecule has 0 bridgehead atoms. The molecule has 0 saturated carbocycles. The summed E-state index contributed by atoms with van der Waals surface area (Å²) >= 11 is 7.83. The molecule has 1 aromatic carbocycles. The van der Waals surface area contributed by atoms with E-state index in [9.17, 15) is 4.79 Å². The first-order valence-corrected chi connectivity index (χ1v) is 7.35. The van der Waals surface area contributed by atoms with E-state index >= 15 is 0 Å². The smallest absolute Gasteiger partial charge is 0.302 e. The fraction of sp³-hybridized carbons (Fsp3) is 0.462. The van der Waals surface area contributed by atoms with Gasteiger partial charge < -0.3 is 9.47 Å². The van der Waals surface area contributed by atoms with Crippen LogP contribution in [0.1, 0.15) is 18.9 Å². The Hall–Kier alpha value is -0.490. The highest BCUT2D eigenvalue weighted by Crippen LogP contribution is 2.22. The molecule has 0 fully saturated rings. The molecule has 0 spiro atoms. The summed E-state index contributed by atoms with van der Waals surface area (Å²) in [5.41, 5.74) is 1.13. The zero-order valence-corrected chi connectivity index (χ0v) is 13.2. The summed E-state index contributed by atoms with van der Waals surface area (Å²) in [6, 6.07) is 5.97. The van der Waals surface area contributed by atoms with E-state index < -0.39 is 0 Å². The molecule has 0 aromatic heterocycles. The normalized spacial score (nSPS) is 10.2. The predicted molar refractivity (Wildman–Crippen MR) is 80.3 cm³/mol. The lowest BCUT2D eigenvalue weighted by molar-refractivity contribution is -0.140. The Bertz CT molecular complexity index is 396. The predicted octanol–water partition coefficient (Wildman–Crippen LogP) is 3.40. The maximum absolute atomic E-state index is 10.6. The van der Waals surface area contributed by atoms with Gasteiger partial charge in [0.1, 0.15) is 5.75 Å². The van der Waals surface area contributed by atoms with Gasteiger partial charge >= 0.3 is 5.97 Å². The van der Waals surface area contributed by atoms with Crippen LogP contribution in [0.2, 0.25) is 0 Å². The van der Waals surface area contributed by atoms with Crippen LogP contribution in [-0.2, 0) is 16.0 Å². The molecule has 0 heterocycles. The van der Waals surface area contributed by atoms with Crippen LogP contribution in [0.25, 0.3) is 0 Å². The van der Waals surface area contributed by atoms with E-state index in [4.69, 9.17) is 21.1 Å². The lowest BCUT2D eigenvalue weighted by atomic mass is 10.1. The summed E-state index contributed by atoms with van der Waals surface area (Å²) in [6.45, 7) is 2.46. The Balaban J connectivity index is 2.48. The minimum Gasteiger partial charge on any atom is -0.492 e. The quantitative estimate of drug-likeness (QED) is 0.314. The monoisotopic (exact) mass is 382 g/mol. The van der Waals surface area contributed by atoms with Gasteiger partial charge in [0.05, 0.1) is 16.8 Å². The van der Waals surface area contributed by atoms with Crippen molar-refractivity contribution in [2.24, 2.45) is 0 Å². The maximum atomic E-state index is 10.6. The van der Waals surface area contributed by atoms with Gasteiger partial charge in [0.25, 0.3) is 0 Å². The van der Waals surface area contributed by atoms with Crippen LogP contribution in [0.4, 0.5) is 0 Å². The van der Waals surface area contributed by atoms with Crippen LogP contribution in [0.5, 0.6) is 5.75 Å². The lowest BCUT2D eigenvalue weighted by Crippen LogP contribution is -2.04. The number of carbonyl (C=O) groups excluding carboxylic acids is 1. The van der Waals surface area contributed by atoms with E-state index in [0.29, 0.717) is 19.1 Å². The Morgan fingerprint density at radius 1 is 1.39 bits per heavy atom. The van der Waals surface area contributed by atoms with Gasteiger partial charge in [0, 0.05) is 19.2 Å². The molecule has 5 heteroatoms. The number of carbonyl (C=O) groups is 1. The Morgan fingerprint density at radius 3 is 2.78 bits per heavy atom. The SMILES string of the molecule is CC(=O)OCCc1ccc(OCCCCl)c(I)c1. The molecular weight excluding hydrogens is 366 g/mol. The van der Waals surface area contributed by atoms with Gasteiger partial charge in [0.15, 0.2) is 0 Å². The second-order valence-electron chi connectivity index (χ2n) is 3.75. The van der Waals surface area contributed by atoms with Crippen molar-refractivity contribution in [3.8, 4) is 5.75 Å². The third kappa shape index (κ3) is 5.91. The third-order valence-corrected chi connectivity index (χ3v) is 3.34. The molecule has 0 unspecified atom stereocenters. The molecule has 3 nitrogen and oxygen atoms in total. The molecule has 0 amide bonds. The molecule has 0 radical (unpaired) electrons. The number of alkyl halides is 1. The van der Waals surface area contributed by atoms with E-state index in [1.54, 1.807) is 0 Å². The van der Waals surface area contributed by atoms with Crippen LogP contribution in [-0.4, -0.2) is 25.1 Å².